The van der Waals surface area contributed by atoms with Crippen LogP contribution in [0.5, 0.6) is 5.75 Å². The second kappa shape index (κ2) is 10.9. The van der Waals surface area contributed by atoms with Crippen LogP contribution >= 0.6 is 0 Å². The Hall–Kier alpha value is -2.89. The number of amides is 2. The number of aryl methyl sites for hydroxylation is 2. The number of hydrogen-bond acceptors (Lipinski definition) is 3. The van der Waals surface area contributed by atoms with Gasteiger partial charge in [0.05, 0.1) is 0 Å². The third-order valence-corrected chi connectivity index (χ3v) is 5.23. The fourth-order valence-electron chi connectivity index (χ4n) is 3.19. The van der Waals surface area contributed by atoms with Gasteiger partial charge in [0.2, 0.25) is 5.91 Å². The van der Waals surface area contributed by atoms with Crippen molar-refractivity contribution in [2.45, 2.75) is 54.1 Å². The third-order valence-electron chi connectivity index (χ3n) is 5.23. The van der Waals surface area contributed by atoms with Gasteiger partial charge in [-0.1, -0.05) is 32.0 Å². The first kappa shape index (κ1) is 24.4. The molecule has 0 aliphatic rings. The Labute approximate surface area is 184 Å². The van der Waals surface area contributed by atoms with Crippen LogP contribution in [0.15, 0.2) is 36.4 Å². The lowest BCUT2D eigenvalue weighted by atomic mass is 10.1. The molecule has 6 heteroatoms. The maximum Gasteiger partial charge on any atom is 0.261 e. The molecule has 0 saturated heterocycles. The lowest BCUT2D eigenvalue weighted by Gasteiger charge is -2.29. The first-order valence-electron chi connectivity index (χ1n) is 10.6. The standard InChI is InChI=1S/C25H33FN2O3/c1-16(2)13-27-25(30)20(6)28(14-21-7-9-22(26)10-8-21)24(29)15-31-23-12-17(3)11-18(4)19(23)5/h7-12,16,20H,13-15H2,1-6H3,(H,27,30)/t20-/m1/s1. The van der Waals surface area contributed by atoms with Gasteiger partial charge >= 0.3 is 0 Å². The number of benzene rings is 2. The molecule has 2 amide bonds. The maximum absolute atomic E-state index is 13.3. The zero-order chi connectivity index (χ0) is 23.1. The molecule has 168 valence electrons. The summed E-state index contributed by atoms with van der Waals surface area (Å²) < 4.78 is 19.1. The number of carbonyl (C=O) groups excluding carboxylic acids is 2. The molecule has 1 N–H and O–H groups in total. The summed E-state index contributed by atoms with van der Waals surface area (Å²) in [6, 6.07) is 9.19. The van der Waals surface area contributed by atoms with Crippen molar-refractivity contribution < 1.29 is 18.7 Å². The zero-order valence-corrected chi connectivity index (χ0v) is 19.3. The van der Waals surface area contributed by atoms with Crippen molar-refractivity contribution >= 4 is 11.8 Å². The van der Waals surface area contributed by atoms with Crippen molar-refractivity contribution in [3.63, 3.8) is 0 Å². The second-order valence-corrected chi connectivity index (χ2v) is 8.46. The molecule has 0 heterocycles. The Morgan fingerprint density at radius 3 is 2.32 bits per heavy atom. The molecule has 0 aliphatic carbocycles. The van der Waals surface area contributed by atoms with Crippen LogP contribution in [0.3, 0.4) is 0 Å². The van der Waals surface area contributed by atoms with E-state index < -0.39 is 6.04 Å². The van der Waals surface area contributed by atoms with Crippen molar-refractivity contribution in [2.75, 3.05) is 13.2 Å². The zero-order valence-electron chi connectivity index (χ0n) is 19.3. The molecule has 0 fully saturated rings. The summed E-state index contributed by atoms with van der Waals surface area (Å²) in [5.41, 5.74) is 3.86. The Bertz CT molecular complexity index is 910. The average Bonchev–Trinajstić information content (AvgIpc) is 2.72. The minimum absolute atomic E-state index is 0.185. The smallest absolute Gasteiger partial charge is 0.261 e. The highest BCUT2D eigenvalue weighted by molar-refractivity contribution is 5.88. The molecule has 31 heavy (non-hydrogen) atoms. The van der Waals surface area contributed by atoms with Gasteiger partial charge in [-0.15, -0.1) is 0 Å². The highest BCUT2D eigenvalue weighted by Gasteiger charge is 2.26. The number of carbonyl (C=O) groups is 2. The van der Waals surface area contributed by atoms with E-state index in [2.05, 4.69) is 11.4 Å². The highest BCUT2D eigenvalue weighted by Crippen LogP contribution is 2.23. The predicted molar refractivity (Wildman–Crippen MR) is 120 cm³/mol. The molecule has 0 spiro atoms. The highest BCUT2D eigenvalue weighted by atomic mass is 19.1. The summed E-state index contributed by atoms with van der Waals surface area (Å²) >= 11 is 0. The second-order valence-electron chi connectivity index (χ2n) is 8.46. The monoisotopic (exact) mass is 428 g/mol. The molecule has 0 unspecified atom stereocenters. The summed E-state index contributed by atoms with van der Waals surface area (Å²) in [6.45, 7) is 12.2. The Balaban J connectivity index is 2.18. The Morgan fingerprint density at radius 2 is 1.71 bits per heavy atom. The van der Waals surface area contributed by atoms with Crippen LogP contribution in [0.25, 0.3) is 0 Å². The molecule has 2 aromatic rings. The van der Waals surface area contributed by atoms with Crippen LogP contribution in [0.4, 0.5) is 4.39 Å². The van der Waals surface area contributed by atoms with Crippen molar-refractivity contribution in [3.05, 3.63) is 64.5 Å². The third kappa shape index (κ3) is 7.09. The molecule has 5 nitrogen and oxygen atoms in total. The molecule has 0 aliphatic heterocycles. The molecule has 0 radical (unpaired) electrons. The van der Waals surface area contributed by atoms with Crippen molar-refractivity contribution in [1.29, 1.82) is 0 Å². The molecular weight excluding hydrogens is 395 g/mol. The summed E-state index contributed by atoms with van der Waals surface area (Å²) in [5, 5.41) is 2.88. The van der Waals surface area contributed by atoms with E-state index >= 15 is 0 Å². The molecule has 0 aromatic heterocycles. The van der Waals surface area contributed by atoms with Crippen LogP contribution in [-0.2, 0) is 16.1 Å². The van der Waals surface area contributed by atoms with Crippen molar-refractivity contribution in [3.8, 4) is 5.75 Å². The topological polar surface area (TPSA) is 58.6 Å². The van der Waals surface area contributed by atoms with Gasteiger partial charge in [0.1, 0.15) is 17.6 Å². The minimum Gasteiger partial charge on any atom is -0.483 e. The lowest BCUT2D eigenvalue weighted by molar-refractivity contribution is -0.142. The van der Waals surface area contributed by atoms with E-state index in [1.807, 2.05) is 40.7 Å². The molecular formula is C25H33FN2O3. The number of hydrogen-bond donors (Lipinski definition) is 1. The van der Waals surface area contributed by atoms with E-state index in [0.717, 1.165) is 22.3 Å². The lowest BCUT2D eigenvalue weighted by Crippen LogP contribution is -2.49. The van der Waals surface area contributed by atoms with Gasteiger partial charge < -0.3 is 15.0 Å². The van der Waals surface area contributed by atoms with E-state index in [-0.39, 0.29) is 30.8 Å². The van der Waals surface area contributed by atoms with Crippen molar-refractivity contribution in [2.24, 2.45) is 5.92 Å². The molecule has 2 rings (SSSR count). The van der Waals surface area contributed by atoms with Crippen LogP contribution in [-0.4, -0.2) is 35.9 Å². The van der Waals surface area contributed by atoms with Crippen molar-refractivity contribution in [1.82, 2.24) is 10.2 Å². The van der Waals surface area contributed by atoms with Gasteiger partial charge in [-0.3, -0.25) is 9.59 Å². The largest absolute Gasteiger partial charge is 0.483 e. The normalized spacial score (nSPS) is 11.9. The first-order chi connectivity index (χ1) is 14.6. The number of halogens is 1. The molecule has 2 aromatic carbocycles. The summed E-state index contributed by atoms with van der Waals surface area (Å²) in [7, 11) is 0. The summed E-state index contributed by atoms with van der Waals surface area (Å²) in [5.74, 6) is 0.0672. The number of nitrogens with zero attached hydrogens (tertiary/aromatic N) is 1. The maximum atomic E-state index is 13.3. The van der Waals surface area contributed by atoms with Gasteiger partial charge in [-0.2, -0.15) is 0 Å². The van der Waals surface area contributed by atoms with Gasteiger partial charge in [0.25, 0.3) is 5.91 Å². The number of ether oxygens (including phenoxy) is 1. The SMILES string of the molecule is Cc1cc(C)c(C)c(OCC(=O)N(Cc2ccc(F)cc2)[C@H](C)C(=O)NCC(C)C)c1. The average molecular weight is 429 g/mol. The quantitative estimate of drug-likeness (QED) is 0.647. The van der Waals surface area contributed by atoms with E-state index in [4.69, 9.17) is 4.74 Å². The van der Waals surface area contributed by atoms with E-state index in [9.17, 15) is 14.0 Å². The summed E-state index contributed by atoms with van der Waals surface area (Å²) in [4.78, 5) is 27.2. The van der Waals surface area contributed by atoms with Crippen LogP contribution in [0.1, 0.15) is 43.0 Å². The van der Waals surface area contributed by atoms with Crippen LogP contribution < -0.4 is 10.1 Å². The summed E-state index contributed by atoms with van der Waals surface area (Å²) in [6.07, 6.45) is 0. The van der Waals surface area contributed by atoms with Crippen LogP contribution in [0, 0.1) is 32.5 Å². The van der Waals surface area contributed by atoms with Gasteiger partial charge in [-0.25, -0.2) is 4.39 Å². The van der Waals surface area contributed by atoms with E-state index in [0.29, 0.717) is 18.2 Å². The van der Waals surface area contributed by atoms with Gasteiger partial charge in [0, 0.05) is 13.1 Å². The van der Waals surface area contributed by atoms with E-state index in [1.54, 1.807) is 19.1 Å². The predicted octanol–water partition coefficient (Wildman–Crippen LogP) is 4.32. The van der Waals surface area contributed by atoms with E-state index in [1.165, 1.54) is 17.0 Å². The molecule has 1 atom stereocenters. The fraction of sp³-hybridized carbons (Fsp3) is 0.440. The Morgan fingerprint density at radius 1 is 1.06 bits per heavy atom. The van der Waals surface area contributed by atoms with Gasteiger partial charge in [-0.05, 0) is 74.1 Å². The van der Waals surface area contributed by atoms with Crippen LogP contribution in [0.2, 0.25) is 0 Å². The molecule has 0 bridgehead atoms. The minimum atomic E-state index is -0.694. The molecule has 0 saturated carbocycles. The van der Waals surface area contributed by atoms with Gasteiger partial charge in [0.15, 0.2) is 6.61 Å². The number of rotatable bonds is 9. The Kier molecular flexibility index (Phi) is 8.60. The fourth-order valence-corrected chi connectivity index (χ4v) is 3.19. The number of nitrogens with one attached hydrogen (secondary N) is 1. The first-order valence-corrected chi connectivity index (χ1v) is 10.6.